The fourth-order valence-corrected chi connectivity index (χ4v) is 13.6. The van der Waals surface area contributed by atoms with E-state index in [1.807, 2.05) is 0 Å². The van der Waals surface area contributed by atoms with E-state index in [4.69, 9.17) is 8.83 Å². The number of benzene rings is 11. The third-order valence-corrected chi connectivity index (χ3v) is 17.0. The van der Waals surface area contributed by atoms with Crippen LogP contribution in [0.2, 0.25) is 0 Å². The average Bonchev–Trinajstić information content (AvgIpc) is 4.07. The molecule has 68 heavy (non-hydrogen) atoms. The van der Waals surface area contributed by atoms with Crippen LogP contribution in [0.3, 0.4) is 0 Å². The Bertz CT molecular complexity index is 4290. The minimum absolute atomic E-state index is 0.197. The van der Waals surface area contributed by atoms with Gasteiger partial charge in [0.15, 0.2) is 0 Å². The summed E-state index contributed by atoms with van der Waals surface area (Å²) < 4.78 is 17.6. The molecule has 0 unspecified atom stereocenters. The standard InChI is InChI=1S/C62H38N2O2Se2/c67-61-47(38-14-4-1-5-15-38)21-12-23-53(61)63(43-16-6-2-7-17-43)45-28-27-40-35-52-57(37-42(40)32-45)65-55-31-30-49-51-34-39-26-29-46(33-41(39)36-56(51)66-60(49)59(52)55)64(44-18-8-3-9-19-44)54-24-13-22-50-48-20-10-11-25-58(48)68-62(50)54/h1-37,67H. The van der Waals surface area contributed by atoms with Crippen molar-refractivity contribution in [1.29, 1.82) is 0 Å². The zero-order chi connectivity index (χ0) is 44.9. The fourth-order valence-electron chi connectivity index (χ4n) is 10.3. The van der Waals surface area contributed by atoms with Gasteiger partial charge in [0.05, 0.1) is 0 Å². The molecule has 0 fully saturated rings. The van der Waals surface area contributed by atoms with Crippen LogP contribution in [0.15, 0.2) is 233 Å². The number of hydrogen-bond acceptors (Lipinski definition) is 4. The van der Waals surface area contributed by atoms with Crippen molar-refractivity contribution in [3.63, 3.8) is 0 Å². The van der Waals surface area contributed by atoms with Crippen molar-refractivity contribution in [3.8, 4) is 11.1 Å². The van der Waals surface area contributed by atoms with Crippen molar-refractivity contribution >= 4 is 154 Å². The van der Waals surface area contributed by atoms with Crippen LogP contribution >= 0.6 is 0 Å². The summed E-state index contributed by atoms with van der Waals surface area (Å²) >= 11 is 3.02. The Morgan fingerprint density at radius 1 is 0.368 bits per heavy atom. The van der Waals surface area contributed by atoms with Gasteiger partial charge in [0.25, 0.3) is 0 Å². The summed E-state index contributed by atoms with van der Waals surface area (Å²) in [5, 5.41) is 11.4. The number of fused-ring (bicyclic) bond motifs is 12. The van der Waals surface area contributed by atoms with Gasteiger partial charge in [-0.1, -0.05) is 0 Å². The zero-order valence-electron chi connectivity index (χ0n) is 36.4. The van der Waals surface area contributed by atoms with Crippen LogP contribution in [0, 0.1) is 0 Å². The van der Waals surface area contributed by atoms with Gasteiger partial charge >= 0.3 is 408 Å². The number of furan rings is 2. The molecule has 0 aliphatic rings. The molecule has 0 bridgehead atoms. The van der Waals surface area contributed by atoms with Crippen molar-refractivity contribution in [3.05, 3.63) is 224 Å². The third-order valence-electron chi connectivity index (χ3n) is 13.5. The first kappa shape index (κ1) is 39.4. The Morgan fingerprint density at radius 3 is 1.68 bits per heavy atom. The van der Waals surface area contributed by atoms with Crippen LogP contribution in [0.25, 0.3) is 95.8 Å². The maximum absolute atomic E-state index is 6.94. The van der Waals surface area contributed by atoms with Crippen LogP contribution in [0.5, 0.6) is 0 Å². The first-order valence-electron chi connectivity index (χ1n) is 22.8. The van der Waals surface area contributed by atoms with E-state index in [1.165, 1.54) is 36.1 Å². The molecule has 3 heterocycles. The third kappa shape index (κ3) is 6.27. The zero-order valence-corrected chi connectivity index (χ0v) is 40.0. The number of nitrogens with zero attached hydrogens (tertiary/aromatic N) is 2. The Balaban J connectivity index is 0.888. The van der Waals surface area contributed by atoms with Crippen molar-refractivity contribution in [2.24, 2.45) is 0 Å². The van der Waals surface area contributed by atoms with Gasteiger partial charge in [0.1, 0.15) is 0 Å². The average molecular weight is 1000 g/mol. The van der Waals surface area contributed by atoms with Crippen LogP contribution in [-0.2, 0) is 0 Å². The SMILES string of the molecule is [SeH]c1c(-c2ccccc2)cccc1N(c1ccccc1)c1ccc2cc3c(cc2c1)oc1ccc2c4cc5ccc(N(c6ccccc6)c6cccc7c6[se]c6ccccc67)cc5cc4oc2c13. The first-order chi connectivity index (χ1) is 33.6. The summed E-state index contributed by atoms with van der Waals surface area (Å²) in [7, 11) is 0. The van der Waals surface area contributed by atoms with Crippen molar-refractivity contribution in [2.45, 2.75) is 0 Å². The summed E-state index contributed by atoms with van der Waals surface area (Å²) in [4.78, 5) is 4.77. The quantitative estimate of drug-likeness (QED) is 0.149. The van der Waals surface area contributed by atoms with Gasteiger partial charge in [-0.05, 0) is 0 Å². The van der Waals surface area contributed by atoms with E-state index >= 15 is 0 Å². The maximum atomic E-state index is 6.94. The van der Waals surface area contributed by atoms with E-state index < -0.39 is 0 Å². The topological polar surface area (TPSA) is 32.8 Å². The molecule has 0 atom stereocenters. The van der Waals surface area contributed by atoms with Gasteiger partial charge in [0.2, 0.25) is 0 Å². The normalized spacial score (nSPS) is 11.9. The molecule has 320 valence electrons. The first-order valence-corrected chi connectivity index (χ1v) is 25.4. The van der Waals surface area contributed by atoms with Gasteiger partial charge in [-0.15, -0.1) is 0 Å². The van der Waals surface area contributed by atoms with Gasteiger partial charge in [-0.25, -0.2) is 0 Å². The molecule has 0 radical (unpaired) electrons. The summed E-state index contributed by atoms with van der Waals surface area (Å²) in [5.74, 6) is 0. The van der Waals surface area contributed by atoms with Crippen LogP contribution in [0.1, 0.15) is 0 Å². The summed E-state index contributed by atoms with van der Waals surface area (Å²) in [6.07, 6.45) is 0. The van der Waals surface area contributed by atoms with Crippen LogP contribution < -0.4 is 14.3 Å². The van der Waals surface area contributed by atoms with E-state index in [-0.39, 0.29) is 14.5 Å². The Hall–Kier alpha value is -7.82. The molecule has 6 heteroatoms. The molecule has 14 aromatic rings. The Kier molecular flexibility index (Phi) is 9.05. The molecule has 0 spiro atoms. The molecule has 14 rings (SSSR count). The van der Waals surface area contributed by atoms with E-state index in [9.17, 15) is 0 Å². The van der Waals surface area contributed by atoms with Crippen LogP contribution in [-0.4, -0.2) is 30.5 Å². The van der Waals surface area contributed by atoms with E-state index in [0.29, 0.717) is 0 Å². The molecule has 0 saturated carbocycles. The second-order valence-electron chi connectivity index (χ2n) is 17.4. The molecular weight excluding hydrogens is 963 g/mol. The molecule has 4 nitrogen and oxygen atoms in total. The second-order valence-corrected chi connectivity index (χ2v) is 20.6. The number of rotatable bonds is 7. The van der Waals surface area contributed by atoms with Crippen molar-refractivity contribution in [2.75, 3.05) is 9.80 Å². The van der Waals surface area contributed by atoms with Crippen molar-refractivity contribution < 1.29 is 8.83 Å². The summed E-state index contributed by atoms with van der Waals surface area (Å²) in [6, 6.07) is 80.9. The molecule has 3 aromatic heterocycles. The molecule has 0 amide bonds. The molecule has 0 saturated heterocycles. The van der Waals surface area contributed by atoms with E-state index in [0.717, 1.165) is 98.3 Å². The molecular formula is C62H38N2O2Se2. The second kappa shape index (κ2) is 15.6. The number of anilines is 6. The molecule has 0 N–H and O–H groups in total. The summed E-state index contributed by atoms with van der Waals surface area (Å²) in [6.45, 7) is 0. The Labute approximate surface area is 405 Å². The van der Waals surface area contributed by atoms with Crippen LogP contribution in [0.4, 0.5) is 34.1 Å². The Morgan fingerprint density at radius 2 is 0.956 bits per heavy atom. The van der Waals surface area contributed by atoms with Gasteiger partial charge in [-0.3, -0.25) is 0 Å². The van der Waals surface area contributed by atoms with E-state index in [1.54, 1.807) is 0 Å². The molecule has 0 aliphatic carbocycles. The number of hydrogen-bond donors (Lipinski definition) is 0. The predicted molar refractivity (Wildman–Crippen MR) is 290 cm³/mol. The molecule has 0 aliphatic heterocycles. The van der Waals surface area contributed by atoms with Gasteiger partial charge in [0, 0.05) is 0 Å². The van der Waals surface area contributed by atoms with E-state index in [2.05, 4.69) is 250 Å². The summed E-state index contributed by atoms with van der Waals surface area (Å²) in [5.41, 5.74) is 12.4. The fraction of sp³-hybridized carbons (Fsp3) is 0. The van der Waals surface area contributed by atoms with Gasteiger partial charge < -0.3 is 0 Å². The van der Waals surface area contributed by atoms with Gasteiger partial charge in [-0.2, -0.15) is 0 Å². The molecule has 11 aromatic carbocycles. The number of para-hydroxylation sites is 2. The van der Waals surface area contributed by atoms with Crippen molar-refractivity contribution in [1.82, 2.24) is 0 Å². The monoisotopic (exact) mass is 1000 g/mol. The predicted octanol–water partition coefficient (Wildman–Crippen LogP) is 16.3. The minimum atomic E-state index is 0.197.